The highest BCUT2D eigenvalue weighted by molar-refractivity contribution is 5.98. The van der Waals surface area contributed by atoms with Gasteiger partial charge in [0.2, 0.25) is 5.91 Å². The zero-order valence-electron chi connectivity index (χ0n) is 13.2. The van der Waals surface area contributed by atoms with Crippen LogP contribution < -0.4 is 11.1 Å². The molecule has 2 heterocycles. The van der Waals surface area contributed by atoms with Gasteiger partial charge in [0.25, 0.3) is 5.91 Å². The van der Waals surface area contributed by atoms with E-state index in [9.17, 15) is 9.59 Å². The van der Waals surface area contributed by atoms with Crippen LogP contribution in [0.15, 0.2) is 18.5 Å². The molecule has 0 bridgehead atoms. The van der Waals surface area contributed by atoms with Crippen molar-refractivity contribution >= 4 is 17.5 Å². The summed E-state index contributed by atoms with van der Waals surface area (Å²) in [4.78, 5) is 29.3. The number of piperidine rings is 1. The minimum absolute atomic E-state index is 0.232. The van der Waals surface area contributed by atoms with Crippen LogP contribution in [0.4, 0.5) is 5.69 Å². The first-order valence-electron chi connectivity index (χ1n) is 7.75. The van der Waals surface area contributed by atoms with Crippen molar-refractivity contribution in [3.8, 4) is 0 Å². The van der Waals surface area contributed by atoms with Crippen LogP contribution in [0.3, 0.4) is 0 Å². The van der Waals surface area contributed by atoms with E-state index >= 15 is 0 Å². The predicted molar refractivity (Wildman–Crippen MR) is 85.4 cm³/mol. The Morgan fingerprint density at radius 1 is 1.41 bits per heavy atom. The van der Waals surface area contributed by atoms with Crippen molar-refractivity contribution in [2.75, 3.05) is 18.4 Å². The lowest BCUT2D eigenvalue weighted by Gasteiger charge is -2.33. The molecule has 1 aromatic rings. The molecular formula is C16H24N4O2. The van der Waals surface area contributed by atoms with Gasteiger partial charge in [-0.15, -0.1) is 0 Å². The lowest BCUT2D eigenvalue weighted by molar-refractivity contribution is -0.132. The minimum Gasteiger partial charge on any atom is -0.381 e. The lowest BCUT2D eigenvalue weighted by Crippen LogP contribution is -2.42. The number of aromatic nitrogens is 1. The van der Waals surface area contributed by atoms with Gasteiger partial charge in [0.15, 0.2) is 0 Å². The third kappa shape index (κ3) is 4.19. The Bertz CT molecular complexity index is 537. The van der Waals surface area contributed by atoms with Crippen LogP contribution in [-0.2, 0) is 4.79 Å². The number of anilines is 1. The van der Waals surface area contributed by atoms with E-state index in [0.717, 1.165) is 31.6 Å². The molecule has 2 amide bonds. The number of likely N-dealkylation sites (tertiary alicyclic amines) is 1. The second-order valence-electron chi connectivity index (χ2n) is 6.18. The molecular weight excluding hydrogens is 280 g/mol. The van der Waals surface area contributed by atoms with Gasteiger partial charge in [-0.05, 0) is 24.8 Å². The summed E-state index contributed by atoms with van der Waals surface area (Å²) < 4.78 is 0. The summed E-state index contributed by atoms with van der Waals surface area (Å²) in [6.07, 6.45) is 5.45. The first-order valence-corrected chi connectivity index (χ1v) is 7.75. The van der Waals surface area contributed by atoms with Crippen molar-refractivity contribution in [3.63, 3.8) is 0 Å². The van der Waals surface area contributed by atoms with Crippen molar-refractivity contribution in [1.82, 2.24) is 9.88 Å². The molecule has 0 aliphatic carbocycles. The van der Waals surface area contributed by atoms with Gasteiger partial charge in [-0.1, -0.05) is 13.8 Å². The van der Waals surface area contributed by atoms with Crippen LogP contribution in [0, 0.1) is 5.92 Å². The highest BCUT2D eigenvalue weighted by Crippen LogP contribution is 2.20. The number of pyridine rings is 1. The van der Waals surface area contributed by atoms with Gasteiger partial charge >= 0.3 is 0 Å². The fraction of sp³-hybridized carbons (Fsp3) is 0.562. The highest BCUT2D eigenvalue weighted by Gasteiger charge is 2.23. The van der Waals surface area contributed by atoms with Crippen molar-refractivity contribution in [2.45, 2.75) is 39.2 Å². The Morgan fingerprint density at radius 2 is 2.09 bits per heavy atom. The number of carbonyl (C=O) groups is 2. The standard InChI is InChI=1S/C16H24N4O2/c1-11(2)9-15(21)20-7-4-12(5-8-20)19-14-3-6-18-10-13(14)16(17)22/h3,6,10-12H,4-5,7-9H2,1-2H3,(H2,17,22)(H,18,19). The molecule has 0 atom stereocenters. The van der Waals surface area contributed by atoms with Crippen LogP contribution in [0.5, 0.6) is 0 Å². The Hall–Kier alpha value is -2.11. The molecule has 22 heavy (non-hydrogen) atoms. The average molecular weight is 304 g/mol. The van der Waals surface area contributed by atoms with E-state index in [0.29, 0.717) is 17.9 Å². The van der Waals surface area contributed by atoms with Gasteiger partial charge in [-0.2, -0.15) is 0 Å². The molecule has 3 N–H and O–H groups in total. The SMILES string of the molecule is CC(C)CC(=O)N1CCC(Nc2ccncc2C(N)=O)CC1. The first-order chi connectivity index (χ1) is 10.5. The molecule has 120 valence electrons. The predicted octanol–water partition coefficient (Wildman–Crippen LogP) is 1.63. The maximum Gasteiger partial charge on any atom is 0.252 e. The van der Waals surface area contributed by atoms with E-state index in [1.807, 2.05) is 4.90 Å². The number of nitrogens with two attached hydrogens (primary N) is 1. The van der Waals surface area contributed by atoms with Crippen molar-refractivity contribution < 1.29 is 9.59 Å². The Kier molecular flexibility index (Phi) is 5.35. The molecule has 0 aromatic carbocycles. The molecule has 1 saturated heterocycles. The number of primary amides is 1. The van der Waals surface area contributed by atoms with E-state index in [1.165, 1.54) is 6.20 Å². The maximum absolute atomic E-state index is 12.1. The number of nitrogens with one attached hydrogen (secondary N) is 1. The van der Waals surface area contributed by atoms with Crippen molar-refractivity contribution in [2.24, 2.45) is 11.7 Å². The van der Waals surface area contributed by atoms with E-state index in [-0.39, 0.29) is 11.9 Å². The summed E-state index contributed by atoms with van der Waals surface area (Å²) in [7, 11) is 0. The fourth-order valence-corrected chi connectivity index (χ4v) is 2.69. The molecule has 1 aromatic heterocycles. The summed E-state index contributed by atoms with van der Waals surface area (Å²) in [5.41, 5.74) is 6.48. The molecule has 1 fully saturated rings. The van der Waals surface area contributed by atoms with Crippen molar-refractivity contribution in [3.05, 3.63) is 24.0 Å². The molecule has 0 saturated carbocycles. The molecule has 0 radical (unpaired) electrons. The number of rotatable bonds is 5. The number of nitrogens with zero attached hydrogens (tertiary/aromatic N) is 2. The largest absolute Gasteiger partial charge is 0.381 e. The van der Waals surface area contributed by atoms with Gasteiger partial charge in [0.05, 0.1) is 11.3 Å². The van der Waals surface area contributed by atoms with Gasteiger partial charge in [-0.25, -0.2) is 0 Å². The molecule has 0 spiro atoms. The van der Waals surface area contributed by atoms with Gasteiger partial charge in [0.1, 0.15) is 0 Å². The number of amides is 2. The van der Waals surface area contributed by atoms with Crippen LogP contribution in [0.2, 0.25) is 0 Å². The molecule has 1 aliphatic heterocycles. The Morgan fingerprint density at radius 3 is 2.68 bits per heavy atom. The number of carbonyl (C=O) groups excluding carboxylic acids is 2. The monoisotopic (exact) mass is 304 g/mol. The summed E-state index contributed by atoms with van der Waals surface area (Å²) >= 11 is 0. The molecule has 6 heteroatoms. The summed E-state index contributed by atoms with van der Waals surface area (Å²) in [6, 6.07) is 2.00. The fourth-order valence-electron chi connectivity index (χ4n) is 2.69. The Balaban J connectivity index is 1.90. The van der Waals surface area contributed by atoms with Crippen LogP contribution in [0.1, 0.15) is 43.5 Å². The maximum atomic E-state index is 12.1. The van der Waals surface area contributed by atoms with Gasteiger partial charge < -0.3 is 16.0 Å². The lowest BCUT2D eigenvalue weighted by atomic mass is 10.0. The number of hydrogen-bond acceptors (Lipinski definition) is 4. The molecule has 1 aliphatic rings. The highest BCUT2D eigenvalue weighted by atomic mass is 16.2. The molecule has 2 rings (SSSR count). The van der Waals surface area contributed by atoms with Crippen LogP contribution in [-0.4, -0.2) is 40.8 Å². The third-order valence-corrected chi connectivity index (χ3v) is 3.88. The average Bonchev–Trinajstić information content (AvgIpc) is 2.47. The first kappa shape index (κ1) is 16.3. The summed E-state index contributed by atoms with van der Waals surface area (Å²) in [5, 5.41) is 3.35. The third-order valence-electron chi connectivity index (χ3n) is 3.88. The van der Waals surface area contributed by atoms with Crippen LogP contribution in [0.25, 0.3) is 0 Å². The Labute approximate surface area is 131 Å². The van der Waals surface area contributed by atoms with E-state index in [1.54, 1.807) is 12.3 Å². The van der Waals surface area contributed by atoms with E-state index in [4.69, 9.17) is 5.73 Å². The summed E-state index contributed by atoms with van der Waals surface area (Å²) in [5.74, 6) is 0.133. The zero-order chi connectivity index (χ0) is 16.1. The smallest absolute Gasteiger partial charge is 0.252 e. The van der Waals surface area contributed by atoms with E-state index in [2.05, 4.69) is 24.1 Å². The zero-order valence-corrected chi connectivity index (χ0v) is 13.2. The normalized spacial score (nSPS) is 15.9. The quantitative estimate of drug-likeness (QED) is 0.865. The number of hydrogen-bond donors (Lipinski definition) is 2. The molecule has 6 nitrogen and oxygen atoms in total. The second-order valence-corrected chi connectivity index (χ2v) is 6.18. The second kappa shape index (κ2) is 7.24. The van der Waals surface area contributed by atoms with E-state index < -0.39 is 5.91 Å². The molecule has 0 unspecified atom stereocenters. The summed E-state index contributed by atoms with van der Waals surface area (Å²) in [6.45, 7) is 5.61. The topological polar surface area (TPSA) is 88.3 Å². The van der Waals surface area contributed by atoms with Crippen molar-refractivity contribution in [1.29, 1.82) is 0 Å². The van der Waals surface area contributed by atoms with Gasteiger partial charge in [0, 0.05) is 37.9 Å². The minimum atomic E-state index is -0.486. The van der Waals surface area contributed by atoms with Gasteiger partial charge in [-0.3, -0.25) is 14.6 Å². The van der Waals surface area contributed by atoms with Crippen LogP contribution >= 0.6 is 0 Å².